The summed E-state index contributed by atoms with van der Waals surface area (Å²) < 4.78 is 24.8. The van der Waals surface area contributed by atoms with Crippen LogP contribution in [-0.4, -0.2) is 30.7 Å². The third-order valence-electron chi connectivity index (χ3n) is 4.31. The van der Waals surface area contributed by atoms with Crippen LogP contribution in [0.25, 0.3) is 20.8 Å². The number of hydrogen-bond acceptors (Lipinski definition) is 6. The van der Waals surface area contributed by atoms with E-state index in [1.54, 1.807) is 24.3 Å². The topological polar surface area (TPSA) is 96.4 Å². The van der Waals surface area contributed by atoms with Crippen molar-refractivity contribution >= 4 is 43.0 Å². The lowest BCUT2D eigenvalue weighted by Gasteiger charge is -2.10. The van der Waals surface area contributed by atoms with Crippen molar-refractivity contribution in [2.45, 2.75) is 4.90 Å². The Hall–Kier alpha value is -3.23. The van der Waals surface area contributed by atoms with E-state index in [0.717, 1.165) is 16.5 Å². The molecule has 1 heterocycles. The Morgan fingerprint density at radius 2 is 1.76 bits per heavy atom. The van der Waals surface area contributed by atoms with Crippen molar-refractivity contribution in [3.63, 3.8) is 0 Å². The summed E-state index contributed by atoms with van der Waals surface area (Å²) in [5, 5.41) is 13.8. The number of thiazole rings is 1. The standard InChI is InChI=1S/C21H16N2O4S2/c1-29(26,27)19-9-5-2-6-15(19)20(25)22-13-10-11-14(17(24)12-13)21-23-16-7-3-4-8-18(16)28-21/h2-12,24H,1H3,(H,22,25). The minimum atomic E-state index is -3.55. The first kappa shape index (κ1) is 19.1. The van der Waals surface area contributed by atoms with E-state index in [9.17, 15) is 18.3 Å². The van der Waals surface area contributed by atoms with Gasteiger partial charge in [-0.3, -0.25) is 4.79 Å². The van der Waals surface area contributed by atoms with Gasteiger partial charge >= 0.3 is 0 Å². The van der Waals surface area contributed by atoms with Gasteiger partial charge in [-0.2, -0.15) is 0 Å². The maximum atomic E-state index is 12.6. The van der Waals surface area contributed by atoms with Crippen LogP contribution in [0.1, 0.15) is 10.4 Å². The predicted octanol–water partition coefficient (Wildman–Crippen LogP) is 4.32. The van der Waals surface area contributed by atoms with Crippen molar-refractivity contribution in [3.8, 4) is 16.3 Å². The fraction of sp³-hybridized carbons (Fsp3) is 0.0476. The van der Waals surface area contributed by atoms with Gasteiger partial charge in [0.15, 0.2) is 9.84 Å². The van der Waals surface area contributed by atoms with E-state index in [1.807, 2.05) is 24.3 Å². The normalized spacial score (nSPS) is 11.5. The van der Waals surface area contributed by atoms with Crippen molar-refractivity contribution in [2.75, 3.05) is 11.6 Å². The smallest absolute Gasteiger partial charge is 0.256 e. The zero-order valence-corrected chi connectivity index (χ0v) is 16.9. The number of fused-ring (bicyclic) bond motifs is 1. The van der Waals surface area contributed by atoms with E-state index in [1.165, 1.54) is 29.5 Å². The van der Waals surface area contributed by atoms with E-state index in [2.05, 4.69) is 10.3 Å². The van der Waals surface area contributed by atoms with Crippen LogP contribution >= 0.6 is 11.3 Å². The quantitative estimate of drug-likeness (QED) is 0.508. The summed E-state index contributed by atoms with van der Waals surface area (Å²) in [7, 11) is -3.55. The number of phenols is 1. The number of amides is 1. The molecule has 2 N–H and O–H groups in total. The molecule has 0 unspecified atom stereocenters. The van der Waals surface area contributed by atoms with E-state index in [-0.39, 0.29) is 16.2 Å². The number of nitrogens with zero attached hydrogens (tertiary/aromatic N) is 1. The highest BCUT2D eigenvalue weighted by Crippen LogP contribution is 2.36. The second-order valence-corrected chi connectivity index (χ2v) is 9.46. The number of nitrogens with one attached hydrogen (secondary N) is 1. The molecule has 0 fully saturated rings. The number of aromatic nitrogens is 1. The summed E-state index contributed by atoms with van der Waals surface area (Å²) in [6.45, 7) is 0. The first-order valence-corrected chi connectivity index (χ1v) is 11.3. The number of hydrogen-bond donors (Lipinski definition) is 2. The number of para-hydroxylation sites is 1. The molecule has 6 nitrogen and oxygen atoms in total. The highest BCUT2D eigenvalue weighted by molar-refractivity contribution is 7.90. The number of aromatic hydroxyl groups is 1. The molecular weight excluding hydrogens is 408 g/mol. The number of phenolic OH excluding ortho intramolecular Hbond substituents is 1. The Bertz CT molecular complexity index is 1310. The van der Waals surface area contributed by atoms with Gasteiger partial charge in [0.05, 0.1) is 26.2 Å². The molecule has 0 aliphatic heterocycles. The lowest BCUT2D eigenvalue weighted by molar-refractivity contribution is 0.102. The average Bonchev–Trinajstić information content (AvgIpc) is 3.11. The summed E-state index contributed by atoms with van der Waals surface area (Å²) in [6, 6.07) is 18.4. The van der Waals surface area contributed by atoms with E-state index in [0.29, 0.717) is 16.3 Å². The first-order valence-electron chi connectivity index (χ1n) is 8.62. The van der Waals surface area contributed by atoms with Gasteiger partial charge in [-0.15, -0.1) is 11.3 Å². The van der Waals surface area contributed by atoms with Crippen LogP contribution in [0.2, 0.25) is 0 Å². The molecular formula is C21H16N2O4S2. The second-order valence-electron chi connectivity index (χ2n) is 6.44. The van der Waals surface area contributed by atoms with Crippen LogP contribution in [0, 0.1) is 0 Å². The zero-order chi connectivity index (χ0) is 20.6. The molecule has 4 aromatic rings. The Kier molecular flexibility index (Phi) is 4.81. The average molecular weight is 425 g/mol. The maximum Gasteiger partial charge on any atom is 0.256 e. The van der Waals surface area contributed by atoms with Gasteiger partial charge < -0.3 is 10.4 Å². The monoisotopic (exact) mass is 424 g/mol. The Morgan fingerprint density at radius 1 is 1.03 bits per heavy atom. The number of rotatable bonds is 4. The molecule has 0 saturated heterocycles. The van der Waals surface area contributed by atoms with Crippen LogP contribution in [0.5, 0.6) is 5.75 Å². The molecule has 1 amide bonds. The fourth-order valence-electron chi connectivity index (χ4n) is 2.95. The third kappa shape index (κ3) is 3.85. The molecule has 0 radical (unpaired) electrons. The van der Waals surface area contributed by atoms with Crippen LogP contribution < -0.4 is 5.32 Å². The van der Waals surface area contributed by atoms with Gasteiger partial charge in [-0.25, -0.2) is 13.4 Å². The second kappa shape index (κ2) is 7.31. The van der Waals surface area contributed by atoms with Crippen LogP contribution in [0.15, 0.2) is 71.6 Å². The Balaban J connectivity index is 1.63. The summed E-state index contributed by atoms with van der Waals surface area (Å²) in [5.41, 5.74) is 1.80. The number of benzene rings is 3. The summed E-state index contributed by atoms with van der Waals surface area (Å²) in [4.78, 5) is 17.1. The minimum Gasteiger partial charge on any atom is -0.507 e. The molecule has 0 saturated carbocycles. The Labute approximate surface area is 171 Å². The zero-order valence-electron chi connectivity index (χ0n) is 15.3. The number of sulfone groups is 1. The number of carbonyl (C=O) groups is 1. The molecule has 3 aromatic carbocycles. The molecule has 29 heavy (non-hydrogen) atoms. The van der Waals surface area contributed by atoms with Crippen LogP contribution in [0.3, 0.4) is 0 Å². The molecule has 4 rings (SSSR count). The molecule has 1 aromatic heterocycles. The van der Waals surface area contributed by atoms with Crippen LogP contribution in [-0.2, 0) is 9.84 Å². The van der Waals surface area contributed by atoms with Crippen molar-refractivity contribution in [2.24, 2.45) is 0 Å². The van der Waals surface area contributed by atoms with Crippen molar-refractivity contribution < 1.29 is 18.3 Å². The van der Waals surface area contributed by atoms with Crippen molar-refractivity contribution in [1.29, 1.82) is 0 Å². The van der Waals surface area contributed by atoms with Crippen molar-refractivity contribution in [3.05, 3.63) is 72.3 Å². The van der Waals surface area contributed by atoms with E-state index >= 15 is 0 Å². The summed E-state index contributed by atoms with van der Waals surface area (Å²) >= 11 is 1.46. The number of anilines is 1. The molecule has 0 spiro atoms. The van der Waals surface area contributed by atoms with Gasteiger partial charge in [0.25, 0.3) is 5.91 Å². The molecule has 0 aliphatic carbocycles. The van der Waals surface area contributed by atoms with Gasteiger partial charge in [0.1, 0.15) is 10.8 Å². The lowest BCUT2D eigenvalue weighted by atomic mass is 10.1. The predicted molar refractivity (Wildman–Crippen MR) is 114 cm³/mol. The maximum absolute atomic E-state index is 12.6. The van der Waals surface area contributed by atoms with Gasteiger partial charge in [0, 0.05) is 18.0 Å². The van der Waals surface area contributed by atoms with E-state index < -0.39 is 15.7 Å². The third-order valence-corrected chi connectivity index (χ3v) is 6.54. The van der Waals surface area contributed by atoms with Gasteiger partial charge in [-0.05, 0) is 36.4 Å². The molecule has 0 atom stereocenters. The minimum absolute atomic E-state index is 0.0294. The summed E-state index contributed by atoms with van der Waals surface area (Å²) in [6.07, 6.45) is 1.05. The largest absolute Gasteiger partial charge is 0.507 e. The SMILES string of the molecule is CS(=O)(=O)c1ccccc1C(=O)Nc1ccc(-c2nc3ccccc3s2)c(O)c1. The highest BCUT2D eigenvalue weighted by atomic mass is 32.2. The van der Waals surface area contributed by atoms with Gasteiger partial charge in [-0.1, -0.05) is 24.3 Å². The molecule has 0 aliphatic rings. The van der Waals surface area contributed by atoms with Gasteiger partial charge in [0.2, 0.25) is 0 Å². The molecule has 0 bridgehead atoms. The molecule has 8 heteroatoms. The van der Waals surface area contributed by atoms with E-state index in [4.69, 9.17) is 0 Å². The summed E-state index contributed by atoms with van der Waals surface area (Å²) in [5.74, 6) is -0.601. The molecule has 146 valence electrons. The van der Waals surface area contributed by atoms with Crippen LogP contribution in [0.4, 0.5) is 5.69 Å². The Morgan fingerprint density at radius 3 is 2.48 bits per heavy atom. The highest BCUT2D eigenvalue weighted by Gasteiger charge is 2.19. The number of carbonyl (C=O) groups excluding carboxylic acids is 1. The fourth-order valence-corrected chi connectivity index (χ4v) is 4.84. The van der Waals surface area contributed by atoms with Crippen molar-refractivity contribution in [1.82, 2.24) is 4.98 Å². The lowest BCUT2D eigenvalue weighted by Crippen LogP contribution is -2.16. The first-order chi connectivity index (χ1) is 13.8.